The molecular formula is C13H19N2. The largest absolute Gasteiger partial charge is 0.305 e. The van der Waals surface area contributed by atoms with Crippen LogP contribution in [0.2, 0.25) is 0 Å². The second-order valence-corrected chi connectivity index (χ2v) is 4.51. The fourth-order valence-corrected chi connectivity index (χ4v) is 2.13. The molecule has 0 aromatic heterocycles. The van der Waals surface area contributed by atoms with Crippen molar-refractivity contribution in [1.82, 2.24) is 10.2 Å². The maximum atomic E-state index is 4.47. The molecule has 1 heterocycles. The van der Waals surface area contributed by atoms with Gasteiger partial charge in [-0.2, -0.15) is 0 Å². The first-order valence-corrected chi connectivity index (χ1v) is 5.64. The number of hydrogen-bond donors (Lipinski definition) is 0. The van der Waals surface area contributed by atoms with E-state index in [4.69, 9.17) is 0 Å². The first-order chi connectivity index (χ1) is 7.25. The van der Waals surface area contributed by atoms with Gasteiger partial charge in [0.15, 0.2) is 0 Å². The summed E-state index contributed by atoms with van der Waals surface area (Å²) in [6.07, 6.45) is 2.24. The highest BCUT2D eigenvalue weighted by Crippen LogP contribution is 2.16. The minimum Gasteiger partial charge on any atom is -0.305 e. The molecule has 0 N–H and O–H groups in total. The molecule has 0 amide bonds. The average molecular weight is 203 g/mol. The van der Waals surface area contributed by atoms with Crippen LogP contribution in [0.4, 0.5) is 0 Å². The molecule has 0 atom stereocenters. The summed E-state index contributed by atoms with van der Waals surface area (Å²) in [5.41, 5.74) is 4.43. The summed E-state index contributed by atoms with van der Waals surface area (Å²) in [4.78, 5) is 2.21. The van der Waals surface area contributed by atoms with Crippen molar-refractivity contribution in [3.05, 3.63) is 34.9 Å². The van der Waals surface area contributed by atoms with Gasteiger partial charge in [0.05, 0.1) is 0 Å². The number of nitrogens with zero attached hydrogens (tertiary/aromatic N) is 2. The lowest BCUT2D eigenvalue weighted by Crippen LogP contribution is -2.11. The fraction of sp³-hybridized carbons (Fsp3) is 0.538. The molecule has 15 heavy (non-hydrogen) atoms. The van der Waals surface area contributed by atoms with Gasteiger partial charge in [-0.3, -0.25) is 0 Å². The summed E-state index contributed by atoms with van der Waals surface area (Å²) in [6.45, 7) is 3.03. The van der Waals surface area contributed by atoms with E-state index in [2.05, 4.69) is 42.5 Å². The van der Waals surface area contributed by atoms with Crippen LogP contribution in [-0.4, -0.2) is 32.1 Å². The predicted molar refractivity (Wildman–Crippen MR) is 63.1 cm³/mol. The normalized spacial score (nSPS) is 16.2. The summed E-state index contributed by atoms with van der Waals surface area (Å²) in [5.74, 6) is 0. The summed E-state index contributed by atoms with van der Waals surface area (Å²) in [7, 11) is 4.22. The Morgan fingerprint density at radius 1 is 1.13 bits per heavy atom. The molecule has 0 spiro atoms. The Bertz CT molecular complexity index is 331. The molecule has 0 aliphatic carbocycles. The van der Waals surface area contributed by atoms with Gasteiger partial charge < -0.3 is 4.90 Å². The van der Waals surface area contributed by atoms with Gasteiger partial charge in [-0.05, 0) is 43.6 Å². The lowest BCUT2D eigenvalue weighted by atomic mass is 10.00. The van der Waals surface area contributed by atoms with E-state index in [0.717, 1.165) is 32.5 Å². The van der Waals surface area contributed by atoms with E-state index in [-0.39, 0.29) is 0 Å². The van der Waals surface area contributed by atoms with Gasteiger partial charge in [-0.15, -0.1) is 0 Å². The highest BCUT2D eigenvalue weighted by molar-refractivity contribution is 5.33. The van der Waals surface area contributed by atoms with Crippen molar-refractivity contribution in [1.29, 1.82) is 0 Å². The Morgan fingerprint density at radius 3 is 2.60 bits per heavy atom. The zero-order chi connectivity index (χ0) is 10.7. The molecule has 0 saturated heterocycles. The van der Waals surface area contributed by atoms with Crippen molar-refractivity contribution < 1.29 is 0 Å². The monoisotopic (exact) mass is 203 g/mol. The van der Waals surface area contributed by atoms with Crippen LogP contribution in [0, 0.1) is 0 Å². The van der Waals surface area contributed by atoms with Gasteiger partial charge >= 0.3 is 0 Å². The minimum absolute atomic E-state index is 0.998. The summed E-state index contributed by atoms with van der Waals surface area (Å²) >= 11 is 0. The van der Waals surface area contributed by atoms with Crippen LogP contribution >= 0.6 is 0 Å². The summed E-state index contributed by atoms with van der Waals surface area (Å²) in [5, 5.41) is 4.47. The van der Waals surface area contributed by atoms with Crippen LogP contribution in [0.5, 0.6) is 0 Å². The van der Waals surface area contributed by atoms with Crippen molar-refractivity contribution in [2.24, 2.45) is 0 Å². The number of rotatable bonds is 2. The van der Waals surface area contributed by atoms with Crippen molar-refractivity contribution in [3.8, 4) is 0 Å². The van der Waals surface area contributed by atoms with Crippen LogP contribution in [0.15, 0.2) is 18.2 Å². The van der Waals surface area contributed by atoms with E-state index in [9.17, 15) is 0 Å². The maximum Gasteiger partial charge on any atom is 0.0227 e. The van der Waals surface area contributed by atoms with Crippen LogP contribution in [0.1, 0.15) is 16.7 Å². The third-order valence-electron chi connectivity index (χ3n) is 2.85. The number of benzene rings is 1. The molecular weight excluding hydrogens is 184 g/mol. The standard InChI is InChI=1S/C13H19N2/c1-15(2)10-11-3-4-12-5-7-14-8-6-13(12)9-11/h3-4,9H,5-8,10H2,1-2H3. The average Bonchev–Trinajstić information content (AvgIpc) is 2.41. The second-order valence-electron chi connectivity index (χ2n) is 4.51. The topological polar surface area (TPSA) is 17.3 Å². The van der Waals surface area contributed by atoms with E-state index in [1.54, 1.807) is 0 Å². The Kier molecular flexibility index (Phi) is 3.39. The molecule has 0 unspecified atom stereocenters. The second kappa shape index (κ2) is 4.77. The van der Waals surface area contributed by atoms with Gasteiger partial charge in [-0.1, -0.05) is 18.2 Å². The SMILES string of the molecule is CN(C)Cc1ccc2c(c1)CC[N]CC2. The quantitative estimate of drug-likeness (QED) is 0.711. The van der Waals surface area contributed by atoms with Gasteiger partial charge in [0.25, 0.3) is 0 Å². The lowest BCUT2D eigenvalue weighted by molar-refractivity contribution is 0.402. The molecule has 1 aromatic rings. The Balaban J connectivity index is 2.20. The third-order valence-corrected chi connectivity index (χ3v) is 2.85. The van der Waals surface area contributed by atoms with Gasteiger partial charge in [0.2, 0.25) is 0 Å². The molecule has 2 heteroatoms. The van der Waals surface area contributed by atoms with Crippen LogP contribution in [-0.2, 0) is 19.4 Å². The minimum atomic E-state index is 0.998. The zero-order valence-corrected chi connectivity index (χ0v) is 9.66. The zero-order valence-electron chi connectivity index (χ0n) is 9.66. The Morgan fingerprint density at radius 2 is 1.87 bits per heavy atom. The molecule has 0 bridgehead atoms. The summed E-state index contributed by atoms with van der Waals surface area (Å²) in [6, 6.07) is 6.90. The lowest BCUT2D eigenvalue weighted by Gasteiger charge is -2.12. The molecule has 0 fully saturated rings. The van der Waals surface area contributed by atoms with Crippen molar-refractivity contribution >= 4 is 0 Å². The first kappa shape index (κ1) is 10.7. The van der Waals surface area contributed by atoms with Crippen LogP contribution < -0.4 is 5.32 Å². The molecule has 2 nitrogen and oxygen atoms in total. The van der Waals surface area contributed by atoms with Gasteiger partial charge in [-0.25, -0.2) is 5.32 Å². The fourth-order valence-electron chi connectivity index (χ4n) is 2.13. The van der Waals surface area contributed by atoms with Crippen molar-refractivity contribution in [2.45, 2.75) is 19.4 Å². The van der Waals surface area contributed by atoms with E-state index >= 15 is 0 Å². The molecule has 2 rings (SSSR count). The van der Waals surface area contributed by atoms with Crippen molar-refractivity contribution in [3.63, 3.8) is 0 Å². The highest BCUT2D eigenvalue weighted by Gasteiger charge is 2.08. The van der Waals surface area contributed by atoms with Gasteiger partial charge in [0, 0.05) is 19.6 Å². The first-order valence-electron chi connectivity index (χ1n) is 5.64. The van der Waals surface area contributed by atoms with E-state index < -0.39 is 0 Å². The van der Waals surface area contributed by atoms with E-state index in [0.29, 0.717) is 0 Å². The Hall–Kier alpha value is -0.860. The number of hydrogen-bond acceptors (Lipinski definition) is 1. The molecule has 1 aromatic carbocycles. The van der Waals surface area contributed by atoms with E-state index in [1.165, 1.54) is 16.7 Å². The van der Waals surface area contributed by atoms with Crippen LogP contribution in [0.3, 0.4) is 0 Å². The predicted octanol–water partition coefficient (Wildman–Crippen LogP) is 1.45. The summed E-state index contributed by atoms with van der Waals surface area (Å²) < 4.78 is 0. The molecule has 81 valence electrons. The number of fused-ring (bicyclic) bond motifs is 1. The highest BCUT2D eigenvalue weighted by atomic mass is 15.0. The van der Waals surface area contributed by atoms with Crippen molar-refractivity contribution in [2.75, 3.05) is 27.2 Å². The Labute approximate surface area is 92.3 Å². The smallest absolute Gasteiger partial charge is 0.0227 e. The van der Waals surface area contributed by atoms with E-state index in [1.807, 2.05) is 0 Å². The molecule has 0 saturated carbocycles. The maximum absolute atomic E-state index is 4.47. The van der Waals surface area contributed by atoms with Crippen LogP contribution in [0.25, 0.3) is 0 Å². The van der Waals surface area contributed by atoms with Gasteiger partial charge in [0.1, 0.15) is 0 Å². The molecule has 1 radical (unpaired) electrons. The molecule has 1 aliphatic heterocycles. The third kappa shape index (κ3) is 2.80. The molecule has 1 aliphatic rings.